The van der Waals surface area contributed by atoms with Crippen molar-refractivity contribution in [3.63, 3.8) is 0 Å². The van der Waals surface area contributed by atoms with E-state index in [1.54, 1.807) is 0 Å². The van der Waals surface area contributed by atoms with Crippen molar-refractivity contribution in [2.75, 3.05) is 0 Å². The molecule has 4 nitrogen and oxygen atoms in total. The standard InChI is InChI=1S/C21H22O4/c1-13(23-20-18-17(19(22)25-20)21(18,2)3)14-8-7-11-16(12-14)24-15-9-5-4-6-10-15/h4-13,17-18,20H,1-3H3/t13-,17?,18?,20+/m0/s1. The van der Waals surface area contributed by atoms with Crippen molar-refractivity contribution in [3.05, 3.63) is 60.2 Å². The summed E-state index contributed by atoms with van der Waals surface area (Å²) < 4.78 is 17.3. The first kappa shape index (κ1) is 16.2. The van der Waals surface area contributed by atoms with Crippen LogP contribution in [-0.2, 0) is 14.3 Å². The first-order valence-electron chi connectivity index (χ1n) is 8.65. The smallest absolute Gasteiger partial charge is 0.312 e. The Kier molecular flexibility index (Phi) is 3.80. The molecule has 4 heteroatoms. The predicted octanol–water partition coefficient (Wildman–Crippen LogP) is 4.71. The van der Waals surface area contributed by atoms with Crippen molar-refractivity contribution < 1.29 is 19.0 Å². The van der Waals surface area contributed by atoms with Crippen LogP contribution in [0.2, 0.25) is 0 Å². The molecule has 25 heavy (non-hydrogen) atoms. The van der Waals surface area contributed by atoms with E-state index in [0.29, 0.717) is 0 Å². The number of ether oxygens (including phenoxy) is 3. The molecule has 1 aliphatic carbocycles. The molecule has 1 saturated carbocycles. The maximum atomic E-state index is 11.9. The summed E-state index contributed by atoms with van der Waals surface area (Å²) in [5.74, 6) is 1.56. The molecule has 0 spiro atoms. The second kappa shape index (κ2) is 5.88. The van der Waals surface area contributed by atoms with Gasteiger partial charge in [-0.25, -0.2) is 0 Å². The van der Waals surface area contributed by atoms with Crippen molar-refractivity contribution in [1.29, 1.82) is 0 Å². The predicted molar refractivity (Wildman–Crippen MR) is 93.1 cm³/mol. The van der Waals surface area contributed by atoms with Gasteiger partial charge in [0, 0.05) is 5.92 Å². The molecule has 0 bridgehead atoms. The van der Waals surface area contributed by atoms with Gasteiger partial charge in [-0.1, -0.05) is 44.2 Å². The van der Waals surface area contributed by atoms with E-state index in [9.17, 15) is 4.79 Å². The van der Waals surface area contributed by atoms with Gasteiger partial charge in [-0.3, -0.25) is 4.79 Å². The lowest BCUT2D eigenvalue weighted by Crippen LogP contribution is -2.24. The Hall–Kier alpha value is -2.33. The van der Waals surface area contributed by atoms with Crippen molar-refractivity contribution in [1.82, 2.24) is 0 Å². The average Bonchev–Trinajstić information content (AvgIpc) is 2.99. The van der Waals surface area contributed by atoms with E-state index in [-0.39, 0.29) is 29.3 Å². The van der Waals surface area contributed by atoms with Crippen LogP contribution in [0.15, 0.2) is 54.6 Å². The fourth-order valence-corrected chi connectivity index (χ4v) is 3.74. The summed E-state index contributed by atoms with van der Waals surface area (Å²) in [4.78, 5) is 11.9. The van der Waals surface area contributed by atoms with Crippen molar-refractivity contribution in [3.8, 4) is 11.5 Å². The zero-order valence-electron chi connectivity index (χ0n) is 14.6. The Labute approximate surface area is 147 Å². The minimum absolute atomic E-state index is 0.0159. The Morgan fingerprint density at radius 2 is 1.76 bits per heavy atom. The largest absolute Gasteiger partial charge is 0.457 e. The molecule has 4 rings (SSSR count). The van der Waals surface area contributed by atoms with E-state index in [2.05, 4.69) is 13.8 Å². The van der Waals surface area contributed by atoms with Gasteiger partial charge < -0.3 is 14.2 Å². The Balaban J connectivity index is 1.45. The van der Waals surface area contributed by atoms with Gasteiger partial charge in [-0.15, -0.1) is 0 Å². The number of rotatable bonds is 5. The molecule has 130 valence electrons. The molecule has 0 aromatic heterocycles. The molecule has 1 aliphatic heterocycles. The van der Waals surface area contributed by atoms with Crippen molar-refractivity contribution in [2.45, 2.75) is 33.2 Å². The van der Waals surface area contributed by atoms with E-state index in [0.717, 1.165) is 17.1 Å². The van der Waals surface area contributed by atoms with E-state index in [1.807, 2.05) is 61.5 Å². The number of carbonyl (C=O) groups is 1. The molecule has 2 aliphatic rings. The molecule has 4 atom stereocenters. The highest BCUT2D eigenvalue weighted by Gasteiger charge is 2.72. The third kappa shape index (κ3) is 2.91. The summed E-state index contributed by atoms with van der Waals surface area (Å²) in [7, 11) is 0. The SMILES string of the molecule is C[C@H](O[C@@H]1OC(=O)C2C1C2(C)C)c1cccc(Oc2ccccc2)c1. The van der Waals surface area contributed by atoms with E-state index in [1.165, 1.54) is 0 Å². The zero-order chi connectivity index (χ0) is 17.6. The number of cyclic esters (lactones) is 1. The molecule has 2 aromatic rings. The second-order valence-corrected chi connectivity index (χ2v) is 7.40. The Morgan fingerprint density at radius 1 is 1.04 bits per heavy atom. The maximum Gasteiger partial charge on any atom is 0.312 e. The molecule has 1 saturated heterocycles. The lowest BCUT2D eigenvalue weighted by molar-refractivity contribution is -0.186. The number of para-hydroxylation sites is 1. The number of hydrogen-bond acceptors (Lipinski definition) is 4. The van der Waals surface area contributed by atoms with Crippen molar-refractivity contribution >= 4 is 5.97 Å². The van der Waals surface area contributed by atoms with E-state index in [4.69, 9.17) is 14.2 Å². The van der Waals surface area contributed by atoms with Crippen LogP contribution in [0.3, 0.4) is 0 Å². The number of hydrogen-bond donors (Lipinski definition) is 0. The molecule has 2 aromatic carbocycles. The van der Waals surface area contributed by atoms with Crippen LogP contribution in [0, 0.1) is 17.3 Å². The highest BCUT2D eigenvalue weighted by Crippen LogP contribution is 2.65. The van der Waals surface area contributed by atoms with Gasteiger partial charge in [0.05, 0.1) is 12.0 Å². The normalized spacial score (nSPS) is 27.3. The van der Waals surface area contributed by atoms with Crippen LogP contribution in [0.1, 0.15) is 32.4 Å². The highest BCUT2D eigenvalue weighted by atomic mass is 16.7. The summed E-state index contributed by atoms with van der Waals surface area (Å²) in [6, 6.07) is 17.5. The van der Waals surface area contributed by atoms with Gasteiger partial charge in [0.2, 0.25) is 6.29 Å². The quantitative estimate of drug-likeness (QED) is 0.741. The van der Waals surface area contributed by atoms with Crippen LogP contribution in [0.5, 0.6) is 11.5 Å². The Morgan fingerprint density at radius 3 is 2.44 bits per heavy atom. The lowest BCUT2D eigenvalue weighted by atomic mass is 10.1. The van der Waals surface area contributed by atoms with Gasteiger partial charge in [-0.05, 0) is 42.2 Å². The van der Waals surface area contributed by atoms with Crippen molar-refractivity contribution in [2.24, 2.45) is 17.3 Å². The van der Waals surface area contributed by atoms with Gasteiger partial charge in [0.15, 0.2) is 0 Å². The molecule has 2 fully saturated rings. The van der Waals surface area contributed by atoms with Crippen LogP contribution in [0.25, 0.3) is 0 Å². The maximum absolute atomic E-state index is 11.9. The highest BCUT2D eigenvalue weighted by molar-refractivity contribution is 5.80. The molecule has 0 N–H and O–H groups in total. The minimum Gasteiger partial charge on any atom is -0.457 e. The van der Waals surface area contributed by atoms with Crippen LogP contribution >= 0.6 is 0 Å². The van der Waals surface area contributed by atoms with Crippen LogP contribution in [0.4, 0.5) is 0 Å². The summed E-state index contributed by atoms with van der Waals surface area (Å²) in [5.41, 5.74) is 0.976. The van der Waals surface area contributed by atoms with Crippen LogP contribution < -0.4 is 4.74 Å². The fraction of sp³-hybridized carbons (Fsp3) is 0.381. The summed E-state index contributed by atoms with van der Waals surface area (Å²) in [5, 5.41) is 0. The second-order valence-electron chi connectivity index (χ2n) is 7.40. The minimum atomic E-state index is -0.457. The molecule has 0 radical (unpaired) electrons. The van der Waals surface area contributed by atoms with Gasteiger partial charge in [0.1, 0.15) is 11.5 Å². The summed E-state index contributed by atoms with van der Waals surface area (Å²) in [6.45, 7) is 6.16. The molecule has 2 unspecified atom stereocenters. The molecule has 1 heterocycles. The monoisotopic (exact) mass is 338 g/mol. The average molecular weight is 338 g/mol. The number of carbonyl (C=O) groups excluding carboxylic acids is 1. The van der Waals surface area contributed by atoms with Gasteiger partial charge in [-0.2, -0.15) is 0 Å². The van der Waals surface area contributed by atoms with Gasteiger partial charge >= 0.3 is 5.97 Å². The molecule has 0 amide bonds. The third-order valence-corrected chi connectivity index (χ3v) is 5.33. The topological polar surface area (TPSA) is 44.8 Å². The van der Waals surface area contributed by atoms with E-state index >= 15 is 0 Å². The number of fused-ring (bicyclic) bond motifs is 1. The summed E-state index contributed by atoms with van der Waals surface area (Å²) >= 11 is 0. The van der Waals surface area contributed by atoms with Gasteiger partial charge in [0.25, 0.3) is 0 Å². The molecular formula is C21H22O4. The third-order valence-electron chi connectivity index (χ3n) is 5.33. The first-order valence-corrected chi connectivity index (χ1v) is 8.65. The zero-order valence-corrected chi connectivity index (χ0v) is 14.6. The Bertz CT molecular complexity index is 783. The van der Waals surface area contributed by atoms with Crippen LogP contribution in [-0.4, -0.2) is 12.3 Å². The number of esters is 1. The lowest BCUT2D eigenvalue weighted by Gasteiger charge is -2.22. The molecular weight excluding hydrogens is 316 g/mol. The summed E-state index contributed by atoms with van der Waals surface area (Å²) in [6.07, 6.45) is -0.645. The van der Waals surface area contributed by atoms with E-state index < -0.39 is 6.29 Å². The first-order chi connectivity index (χ1) is 12.0. The fourth-order valence-electron chi connectivity index (χ4n) is 3.74. The number of benzene rings is 2.